The summed E-state index contributed by atoms with van der Waals surface area (Å²) < 4.78 is 0. The maximum atomic E-state index is 4.41. The average molecular weight is 414 g/mol. The lowest BCUT2D eigenvalue weighted by molar-refractivity contribution is 0.399. The average Bonchev–Trinajstić information content (AvgIpc) is 2.37. The molecule has 120 valence electrons. The van der Waals surface area contributed by atoms with Gasteiger partial charge in [-0.05, 0) is 27.2 Å². The van der Waals surface area contributed by atoms with Crippen molar-refractivity contribution in [1.82, 2.24) is 15.5 Å². The van der Waals surface area contributed by atoms with Crippen LogP contribution in [0.3, 0.4) is 0 Å². The van der Waals surface area contributed by atoms with Gasteiger partial charge in [0.05, 0.1) is 0 Å². The van der Waals surface area contributed by atoms with Crippen LogP contribution in [0.5, 0.6) is 0 Å². The van der Waals surface area contributed by atoms with Gasteiger partial charge in [-0.25, -0.2) is 0 Å². The lowest BCUT2D eigenvalue weighted by Crippen LogP contribution is -2.50. The van der Waals surface area contributed by atoms with Gasteiger partial charge in [0.1, 0.15) is 0 Å². The van der Waals surface area contributed by atoms with E-state index >= 15 is 0 Å². The number of nitrogens with one attached hydrogen (secondary N) is 2. The molecule has 0 aliphatic carbocycles. The zero-order valence-corrected chi connectivity index (χ0v) is 16.7. The Labute approximate surface area is 145 Å². The summed E-state index contributed by atoms with van der Waals surface area (Å²) in [6, 6.07) is 0. The highest BCUT2D eigenvalue weighted by Gasteiger charge is 2.21. The summed E-state index contributed by atoms with van der Waals surface area (Å²) in [7, 11) is 1.88. The normalized spacial score (nSPS) is 20.6. The van der Waals surface area contributed by atoms with Gasteiger partial charge in [0.25, 0.3) is 0 Å². The molecule has 2 N–H and O–H groups in total. The molecule has 0 aromatic rings. The fraction of sp³-hybridized carbons (Fsp3) is 0.929. The highest BCUT2D eigenvalue weighted by atomic mass is 127. The largest absolute Gasteiger partial charge is 0.355 e. The van der Waals surface area contributed by atoms with E-state index in [1.54, 1.807) is 0 Å². The summed E-state index contributed by atoms with van der Waals surface area (Å²) in [6.45, 7) is 12.9. The summed E-state index contributed by atoms with van der Waals surface area (Å²) in [6.07, 6.45) is 1.24. The van der Waals surface area contributed by atoms with Crippen molar-refractivity contribution >= 4 is 41.7 Å². The van der Waals surface area contributed by atoms with Crippen molar-refractivity contribution < 1.29 is 0 Å². The van der Waals surface area contributed by atoms with Gasteiger partial charge in [-0.1, -0.05) is 6.92 Å². The molecule has 6 heteroatoms. The Kier molecular flexibility index (Phi) is 10.3. The molecule has 20 heavy (non-hydrogen) atoms. The smallest absolute Gasteiger partial charge is 0.193 e. The Balaban J connectivity index is 0.00000361. The highest BCUT2D eigenvalue weighted by Crippen LogP contribution is 2.20. The zero-order chi connectivity index (χ0) is 14.3. The summed E-state index contributed by atoms with van der Waals surface area (Å²) in [5.41, 5.74) is 0.181. The fourth-order valence-corrected chi connectivity index (χ4v) is 3.28. The molecule has 0 aromatic heterocycles. The molecule has 1 fully saturated rings. The predicted octanol–water partition coefficient (Wildman–Crippen LogP) is 2.40. The summed E-state index contributed by atoms with van der Waals surface area (Å²) in [5.74, 6) is 2.26. The van der Waals surface area contributed by atoms with Crippen LogP contribution in [0, 0.1) is 0 Å². The Morgan fingerprint density at radius 3 is 2.60 bits per heavy atom. The van der Waals surface area contributed by atoms with Crippen LogP contribution in [0.1, 0.15) is 34.1 Å². The highest BCUT2D eigenvalue weighted by molar-refractivity contribution is 14.0. The third-order valence-electron chi connectivity index (χ3n) is 3.17. The van der Waals surface area contributed by atoms with Crippen molar-refractivity contribution in [3.63, 3.8) is 0 Å². The number of nitrogens with zero attached hydrogens (tertiary/aromatic N) is 2. The van der Waals surface area contributed by atoms with E-state index in [4.69, 9.17) is 0 Å². The van der Waals surface area contributed by atoms with Crippen LogP contribution in [0.25, 0.3) is 0 Å². The molecule has 1 rings (SSSR count). The Hall–Kier alpha value is 0.310. The molecule has 1 heterocycles. The van der Waals surface area contributed by atoms with Gasteiger partial charge in [-0.3, -0.25) is 4.99 Å². The lowest BCUT2D eigenvalue weighted by atomic mass is 10.1. The van der Waals surface area contributed by atoms with Crippen LogP contribution in [0.15, 0.2) is 4.99 Å². The molecule has 0 amide bonds. The number of hydrogen-bond donors (Lipinski definition) is 2. The van der Waals surface area contributed by atoms with E-state index in [2.05, 4.69) is 60.0 Å². The molecule has 0 bridgehead atoms. The number of halogens is 1. The van der Waals surface area contributed by atoms with Crippen LogP contribution >= 0.6 is 35.7 Å². The molecule has 1 atom stereocenters. The first-order valence-corrected chi connectivity index (χ1v) is 8.33. The maximum Gasteiger partial charge on any atom is 0.193 e. The number of thioether (sulfide) groups is 1. The second-order valence-electron chi connectivity index (χ2n) is 6.00. The molecule has 0 radical (unpaired) electrons. The first-order chi connectivity index (χ1) is 8.96. The third-order valence-corrected chi connectivity index (χ3v) is 4.54. The quantitative estimate of drug-likeness (QED) is 0.321. The zero-order valence-electron chi connectivity index (χ0n) is 13.5. The molecule has 0 aromatic carbocycles. The third kappa shape index (κ3) is 7.93. The van der Waals surface area contributed by atoms with Gasteiger partial charge in [-0.2, -0.15) is 11.8 Å². The van der Waals surface area contributed by atoms with Crippen LogP contribution in [-0.4, -0.2) is 60.6 Å². The van der Waals surface area contributed by atoms with E-state index in [0.717, 1.165) is 37.4 Å². The maximum absolute atomic E-state index is 4.41. The fourth-order valence-electron chi connectivity index (χ4n) is 2.10. The molecule has 1 unspecified atom stereocenters. The van der Waals surface area contributed by atoms with Gasteiger partial charge in [0, 0.05) is 49.8 Å². The first-order valence-electron chi connectivity index (χ1n) is 7.28. The number of hydrogen-bond acceptors (Lipinski definition) is 3. The van der Waals surface area contributed by atoms with Gasteiger partial charge < -0.3 is 15.5 Å². The number of rotatable bonds is 4. The lowest BCUT2D eigenvalue weighted by Gasteiger charge is -2.34. The Morgan fingerprint density at radius 2 is 2.05 bits per heavy atom. The minimum absolute atomic E-state index is 0. The van der Waals surface area contributed by atoms with Crippen molar-refractivity contribution in [2.75, 3.05) is 39.0 Å². The molecule has 1 aliphatic heterocycles. The Bertz CT molecular complexity index is 291. The van der Waals surface area contributed by atoms with Gasteiger partial charge >= 0.3 is 0 Å². The minimum atomic E-state index is 0. The second-order valence-corrected chi connectivity index (χ2v) is 7.41. The first kappa shape index (κ1) is 20.3. The van der Waals surface area contributed by atoms with Crippen molar-refractivity contribution in [1.29, 1.82) is 0 Å². The van der Waals surface area contributed by atoms with Gasteiger partial charge in [0.15, 0.2) is 5.96 Å². The summed E-state index contributed by atoms with van der Waals surface area (Å²) >= 11 is 2.09. The second kappa shape index (κ2) is 10.1. The number of aliphatic imine (C=N–C) groups is 1. The van der Waals surface area contributed by atoms with Gasteiger partial charge in [0.2, 0.25) is 0 Å². The molecule has 4 nitrogen and oxygen atoms in total. The van der Waals surface area contributed by atoms with E-state index in [9.17, 15) is 0 Å². The predicted molar refractivity (Wildman–Crippen MR) is 103 cm³/mol. The molecular weight excluding hydrogens is 383 g/mol. The van der Waals surface area contributed by atoms with Crippen molar-refractivity contribution in [3.05, 3.63) is 0 Å². The van der Waals surface area contributed by atoms with E-state index in [1.807, 2.05) is 7.05 Å². The molecule has 0 saturated carbocycles. The molecular formula is C14H31IN4S. The molecule has 1 aliphatic rings. The van der Waals surface area contributed by atoms with Crippen molar-refractivity contribution in [2.24, 2.45) is 4.99 Å². The van der Waals surface area contributed by atoms with Crippen LogP contribution in [-0.2, 0) is 0 Å². The van der Waals surface area contributed by atoms with Crippen molar-refractivity contribution in [2.45, 2.75) is 44.9 Å². The van der Waals surface area contributed by atoms with Gasteiger partial charge in [-0.15, -0.1) is 24.0 Å². The number of guanidine groups is 1. The minimum Gasteiger partial charge on any atom is -0.355 e. The Morgan fingerprint density at radius 1 is 1.35 bits per heavy atom. The van der Waals surface area contributed by atoms with Crippen LogP contribution < -0.4 is 10.6 Å². The molecule has 1 saturated heterocycles. The van der Waals surface area contributed by atoms with Crippen LogP contribution in [0.4, 0.5) is 0 Å². The monoisotopic (exact) mass is 414 g/mol. The van der Waals surface area contributed by atoms with E-state index in [1.165, 1.54) is 12.2 Å². The standard InChI is InChI=1S/C14H30N4S.HI/c1-6-12-11-18(9-10-19-12)13(15-5)16-7-8-17-14(2,3)4;/h12,17H,6-11H2,1-5H3,(H,15,16);1H. The van der Waals surface area contributed by atoms with E-state index in [-0.39, 0.29) is 29.5 Å². The van der Waals surface area contributed by atoms with Crippen LogP contribution in [0.2, 0.25) is 0 Å². The van der Waals surface area contributed by atoms with E-state index in [0.29, 0.717) is 0 Å². The summed E-state index contributed by atoms with van der Waals surface area (Å²) in [5, 5.41) is 7.69. The van der Waals surface area contributed by atoms with Crippen molar-refractivity contribution in [3.8, 4) is 0 Å². The molecule has 0 spiro atoms. The topological polar surface area (TPSA) is 39.7 Å². The summed E-state index contributed by atoms with van der Waals surface area (Å²) in [4.78, 5) is 6.80. The van der Waals surface area contributed by atoms with E-state index < -0.39 is 0 Å². The SMILES string of the molecule is CCC1CN(C(=NC)NCCNC(C)(C)C)CCS1.I.